The molecule has 1 heterocycles. The summed E-state index contributed by atoms with van der Waals surface area (Å²) in [6, 6.07) is 7.22. The van der Waals surface area contributed by atoms with Crippen molar-refractivity contribution in [3.8, 4) is 5.75 Å². The first-order valence-corrected chi connectivity index (χ1v) is 7.01. The number of benzene rings is 1. The maximum Gasteiger partial charge on any atom is 0.313 e. The average Bonchev–Trinajstić information content (AvgIpc) is 2.38. The Hall–Kier alpha value is -2.17. The summed E-state index contributed by atoms with van der Waals surface area (Å²) in [5.74, 6) is -0.856. The molecule has 0 amide bonds. The van der Waals surface area contributed by atoms with E-state index >= 15 is 0 Å². The summed E-state index contributed by atoms with van der Waals surface area (Å²) < 4.78 is 9.66. The van der Waals surface area contributed by atoms with Gasteiger partial charge in [-0.05, 0) is 36.0 Å². The average molecular weight is 290 g/mol. The smallest absolute Gasteiger partial charge is 0.313 e. The topological polar surface area (TPSA) is 69.7 Å². The molecule has 1 aromatic carbocycles. The van der Waals surface area contributed by atoms with Crippen molar-refractivity contribution < 1.29 is 23.9 Å². The van der Waals surface area contributed by atoms with Gasteiger partial charge in [0.1, 0.15) is 5.75 Å². The first kappa shape index (κ1) is 15.2. The van der Waals surface area contributed by atoms with E-state index in [1.807, 2.05) is 13.0 Å². The lowest BCUT2D eigenvalue weighted by molar-refractivity contribution is -0.165. The molecule has 1 saturated heterocycles. The van der Waals surface area contributed by atoms with Crippen LogP contribution < -0.4 is 4.74 Å². The third-order valence-corrected chi connectivity index (χ3v) is 3.64. The molecular formula is C16H18O5. The third kappa shape index (κ3) is 3.90. The van der Waals surface area contributed by atoms with Crippen molar-refractivity contribution in [2.24, 2.45) is 5.92 Å². The number of carbonyl (C=O) groups excluding carboxylic acids is 3. The second-order valence-corrected chi connectivity index (χ2v) is 5.20. The molecule has 21 heavy (non-hydrogen) atoms. The van der Waals surface area contributed by atoms with Crippen LogP contribution in [0.3, 0.4) is 0 Å². The molecule has 1 aliphatic rings. The standard InChI is InChI=1S/C16H18O5/c1-3-14(12-8-15(18)21-16(19)9-12)11-5-4-6-13(7-11)20-10(2)17/h4-7,12,14H,3,8-9H2,1-2H3. The fourth-order valence-electron chi connectivity index (χ4n) is 2.81. The van der Waals surface area contributed by atoms with Gasteiger partial charge in [0, 0.05) is 19.8 Å². The molecule has 0 N–H and O–H groups in total. The minimum atomic E-state index is -0.467. The normalized spacial score (nSPS) is 17.2. The number of carbonyl (C=O) groups is 3. The van der Waals surface area contributed by atoms with E-state index in [1.54, 1.807) is 18.2 Å². The van der Waals surface area contributed by atoms with Gasteiger partial charge in [-0.1, -0.05) is 19.1 Å². The number of rotatable bonds is 4. The Kier molecular flexibility index (Phi) is 4.73. The molecule has 5 nitrogen and oxygen atoms in total. The predicted octanol–water partition coefficient (Wildman–Crippen LogP) is 2.59. The lowest BCUT2D eigenvalue weighted by atomic mass is 9.79. The fraction of sp³-hybridized carbons (Fsp3) is 0.438. The van der Waals surface area contributed by atoms with Crippen molar-refractivity contribution in [3.05, 3.63) is 29.8 Å². The summed E-state index contributed by atoms with van der Waals surface area (Å²) in [6.07, 6.45) is 1.26. The molecule has 1 atom stereocenters. The quantitative estimate of drug-likeness (QED) is 0.484. The van der Waals surface area contributed by atoms with Crippen LogP contribution in [0.1, 0.15) is 44.6 Å². The molecule has 0 radical (unpaired) electrons. The third-order valence-electron chi connectivity index (χ3n) is 3.64. The van der Waals surface area contributed by atoms with Gasteiger partial charge >= 0.3 is 17.9 Å². The van der Waals surface area contributed by atoms with E-state index < -0.39 is 11.9 Å². The van der Waals surface area contributed by atoms with Crippen LogP contribution in [0.2, 0.25) is 0 Å². The summed E-state index contributed by atoms with van der Waals surface area (Å²) in [7, 11) is 0. The van der Waals surface area contributed by atoms with Crippen molar-refractivity contribution in [2.45, 2.75) is 39.0 Å². The van der Waals surface area contributed by atoms with Gasteiger partial charge in [-0.25, -0.2) is 0 Å². The van der Waals surface area contributed by atoms with E-state index in [0.717, 1.165) is 12.0 Å². The highest BCUT2D eigenvalue weighted by atomic mass is 16.6. The Bertz CT molecular complexity index is 548. The monoisotopic (exact) mass is 290 g/mol. The number of esters is 3. The van der Waals surface area contributed by atoms with Crippen LogP contribution in [0.15, 0.2) is 24.3 Å². The number of cyclic esters (lactones) is 2. The summed E-state index contributed by atoms with van der Waals surface area (Å²) in [4.78, 5) is 33.9. The molecule has 1 aliphatic heterocycles. The van der Waals surface area contributed by atoms with Crippen LogP contribution in [-0.4, -0.2) is 17.9 Å². The maximum atomic E-state index is 11.4. The Labute approximate surface area is 123 Å². The van der Waals surface area contributed by atoms with Crippen LogP contribution in [0, 0.1) is 5.92 Å². The van der Waals surface area contributed by atoms with Crippen LogP contribution in [0.4, 0.5) is 0 Å². The van der Waals surface area contributed by atoms with E-state index in [9.17, 15) is 14.4 Å². The zero-order chi connectivity index (χ0) is 15.4. The Morgan fingerprint density at radius 1 is 1.33 bits per heavy atom. The Balaban J connectivity index is 2.22. The lowest BCUT2D eigenvalue weighted by Gasteiger charge is -2.28. The largest absolute Gasteiger partial charge is 0.427 e. The second kappa shape index (κ2) is 6.52. The molecule has 1 aromatic rings. The summed E-state index contributed by atoms with van der Waals surface area (Å²) in [5, 5.41) is 0. The van der Waals surface area contributed by atoms with Gasteiger partial charge in [0.15, 0.2) is 0 Å². The van der Waals surface area contributed by atoms with Gasteiger partial charge in [0.2, 0.25) is 0 Å². The number of hydrogen-bond acceptors (Lipinski definition) is 5. The van der Waals surface area contributed by atoms with Gasteiger partial charge < -0.3 is 9.47 Å². The molecule has 1 fully saturated rings. The van der Waals surface area contributed by atoms with Crippen LogP contribution in [0.5, 0.6) is 5.75 Å². The Morgan fingerprint density at radius 3 is 2.57 bits per heavy atom. The number of ether oxygens (including phenoxy) is 2. The zero-order valence-electron chi connectivity index (χ0n) is 12.1. The molecule has 5 heteroatoms. The molecule has 0 aliphatic carbocycles. The van der Waals surface area contributed by atoms with E-state index in [2.05, 4.69) is 4.74 Å². The Morgan fingerprint density at radius 2 is 2.00 bits per heavy atom. The van der Waals surface area contributed by atoms with Crippen LogP contribution in [-0.2, 0) is 19.1 Å². The number of hydrogen-bond donors (Lipinski definition) is 0. The minimum Gasteiger partial charge on any atom is -0.427 e. The molecule has 0 bridgehead atoms. The van der Waals surface area contributed by atoms with E-state index in [0.29, 0.717) is 5.75 Å². The van der Waals surface area contributed by atoms with Crippen molar-refractivity contribution in [1.82, 2.24) is 0 Å². The van der Waals surface area contributed by atoms with Crippen molar-refractivity contribution in [2.75, 3.05) is 0 Å². The molecule has 0 spiro atoms. The predicted molar refractivity (Wildman–Crippen MR) is 74.6 cm³/mol. The van der Waals surface area contributed by atoms with Gasteiger partial charge in [-0.2, -0.15) is 0 Å². The molecule has 0 saturated carbocycles. The van der Waals surface area contributed by atoms with E-state index in [-0.39, 0.29) is 30.6 Å². The highest BCUT2D eigenvalue weighted by Gasteiger charge is 2.33. The second-order valence-electron chi connectivity index (χ2n) is 5.20. The van der Waals surface area contributed by atoms with E-state index in [1.165, 1.54) is 6.92 Å². The minimum absolute atomic E-state index is 0.0531. The summed E-state index contributed by atoms with van der Waals surface area (Å²) in [6.45, 7) is 3.35. The maximum absolute atomic E-state index is 11.4. The summed E-state index contributed by atoms with van der Waals surface area (Å²) in [5.41, 5.74) is 0.962. The summed E-state index contributed by atoms with van der Waals surface area (Å²) >= 11 is 0. The fourth-order valence-corrected chi connectivity index (χ4v) is 2.81. The van der Waals surface area contributed by atoms with Gasteiger partial charge in [0.25, 0.3) is 0 Å². The highest BCUT2D eigenvalue weighted by molar-refractivity contribution is 5.88. The van der Waals surface area contributed by atoms with Crippen molar-refractivity contribution >= 4 is 17.9 Å². The lowest BCUT2D eigenvalue weighted by Crippen LogP contribution is -2.29. The molecule has 0 aromatic heterocycles. The molecule has 1 unspecified atom stereocenters. The van der Waals surface area contributed by atoms with E-state index in [4.69, 9.17) is 4.74 Å². The van der Waals surface area contributed by atoms with Gasteiger partial charge in [-0.3, -0.25) is 14.4 Å². The first-order chi connectivity index (χ1) is 9.99. The SMILES string of the molecule is CCC(c1cccc(OC(C)=O)c1)C1CC(=O)OC(=O)C1. The van der Waals surface area contributed by atoms with Crippen molar-refractivity contribution in [3.63, 3.8) is 0 Å². The molecular weight excluding hydrogens is 272 g/mol. The molecule has 2 rings (SSSR count). The van der Waals surface area contributed by atoms with Gasteiger partial charge in [0.05, 0.1) is 0 Å². The van der Waals surface area contributed by atoms with Gasteiger partial charge in [-0.15, -0.1) is 0 Å². The van der Waals surface area contributed by atoms with Crippen LogP contribution in [0.25, 0.3) is 0 Å². The zero-order valence-corrected chi connectivity index (χ0v) is 12.1. The highest BCUT2D eigenvalue weighted by Crippen LogP contribution is 2.36. The molecule has 112 valence electrons. The van der Waals surface area contributed by atoms with Crippen molar-refractivity contribution in [1.29, 1.82) is 0 Å². The van der Waals surface area contributed by atoms with Crippen LogP contribution >= 0.6 is 0 Å². The first-order valence-electron chi connectivity index (χ1n) is 7.01.